The lowest BCUT2D eigenvalue weighted by Crippen LogP contribution is -2.40. The zero-order valence-corrected chi connectivity index (χ0v) is 15.4. The Morgan fingerprint density at radius 1 is 1.38 bits per heavy atom. The fraction of sp³-hybridized carbons (Fsp3) is 0.444. The van der Waals surface area contributed by atoms with E-state index >= 15 is 0 Å². The standard InChI is InChI=1S/C18H22BrNO4/c1-3-11-24-16-6-5-14(12-15(16)19)17(21)20-9-7-13(8-10-20)18(22)23-4-2/h3,5-6,12-13H,1,4,7-11H2,2H3. The van der Waals surface area contributed by atoms with Crippen LogP contribution in [0, 0.1) is 5.92 Å². The summed E-state index contributed by atoms with van der Waals surface area (Å²) in [5, 5.41) is 0. The largest absolute Gasteiger partial charge is 0.488 e. The number of likely N-dealkylation sites (tertiary alicyclic amines) is 1. The highest BCUT2D eigenvalue weighted by atomic mass is 79.9. The number of nitrogens with zero attached hydrogens (tertiary/aromatic N) is 1. The van der Waals surface area contributed by atoms with Crippen LogP contribution in [0.4, 0.5) is 0 Å². The van der Waals surface area contributed by atoms with Gasteiger partial charge in [-0.2, -0.15) is 0 Å². The van der Waals surface area contributed by atoms with E-state index in [2.05, 4.69) is 22.5 Å². The number of hydrogen-bond acceptors (Lipinski definition) is 4. The summed E-state index contributed by atoms with van der Waals surface area (Å²) in [7, 11) is 0. The minimum atomic E-state index is -0.156. The highest BCUT2D eigenvalue weighted by Gasteiger charge is 2.28. The molecule has 0 atom stereocenters. The minimum Gasteiger partial charge on any atom is -0.488 e. The lowest BCUT2D eigenvalue weighted by Gasteiger charge is -2.31. The highest BCUT2D eigenvalue weighted by Crippen LogP contribution is 2.27. The summed E-state index contributed by atoms with van der Waals surface area (Å²) in [6.45, 7) is 7.34. The van der Waals surface area contributed by atoms with Gasteiger partial charge >= 0.3 is 5.97 Å². The van der Waals surface area contributed by atoms with Crippen molar-refractivity contribution in [3.8, 4) is 5.75 Å². The summed E-state index contributed by atoms with van der Waals surface area (Å²) in [4.78, 5) is 26.2. The molecule has 24 heavy (non-hydrogen) atoms. The van der Waals surface area contributed by atoms with E-state index in [9.17, 15) is 9.59 Å². The van der Waals surface area contributed by atoms with Gasteiger partial charge in [-0.3, -0.25) is 9.59 Å². The number of halogens is 1. The fourth-order valence-corrected chi connectivity index (χ4v) is 3.15. The van der Waals surface area contributed by atoms with Gasteiger partial charge in [0.25, 0.3) is 5.91 Å². The van der Waals surface area contributed by atoms with E-state index in [-0.39, 0.29) is 17.8 Å². The van der Waals surface area contributed by atoms with E-state index in [0.717, 1.165) is 4.47 Å². The number of amides is 1. The first-order chi connectivity index (χ1) is 11.6. The van der Waals surface area contributed by atoms with E-state index in [1.54, 1.807) is 36.1 Å². The average Bonchev–Trinajstić information content (AvgIpc) is 2.60. The average molecular weight is 396 g/mol. The monoisotopic (exact) mass is 395 g/mol. The molecule has 130 valence electrons. The molecule has 0 aromatic heterocycles. The first kappa shape index (κ1) is 18.5. The summed E-state index contributed by atoms with van der Waals surface area (Å²) in [6, 6.07) is 5.29. The molecule has 1 heterocycles. The van der Waals surface area contributed by atoms with E-state index < -0.39 is 0 Å². The van der Waals surface area contributed by atoms with Crippen molar-refractivity contribution >= 4 is 27.8 Å². The molecule has 1 aromatic carbocycles. The Morgan fingerprint density at radius 3 is 2.67 bits per heavy atom. The van der Waals surface area contributed by atoms with Crippen molar-refractivity contribution in [1.29, 1.82) is 0 Å². The minimum absolute atomic E-state index is 0.0340. The van der Waals surface area contributed by atoms with Crippen molar-refractivity contribution in [3.63, 3.8) is 0 Å². The molecule has 1 aromatic rings. The van der Waals surface area contributed by atoms with Crippen molar-refractivity contribution < 1.29 is 19.1 Å². The molecule has 0 aliphatic carbocycles. The number of carbonyl (C=O) groups excluding carboxylic acids is 2. The third-order valence-corrected chi connectivity index (χ3v) is 4.56. The predicted molar refractivity (Wildman–Crippen MR) is 95.1 cm³/mol. The number of rotatable bonds is 6. The second-order valence-corrected chi connectivity index (χ2v) is 6.42. The van der Waals surface area contributed by atoms with Crippen molar-refractivity contribution in [1.82, 2.24) is 4.90 Å². The molecule has 1 aliphatic rings. The smallest absolute Gasteiger partial charge is 0.309 e. The van der Waals surface area contributed by atoms with Crippen LogP contribution in [0.3, 0.4) is 0 Å². The summed E-state index contributed by atoms with van der Waals surface area (Å²) in [5.74, 6) is 0.382. The molecule has 1 fully saturated rings. The Bertz CT molecular complexity index is 609. The van der Waals surface area contributed by atoms with E-state index in [1.807, 2.05) is 0 Å². The fourth-order valence-electron chi connectivity index (χ4n) is 2.66. The van der Waals surface area contributed by atoms with Gasteiger partial charge in [-0.25, -0.2) is 0 Å². The first-order valence-electron chi connectivity index (χ1n) is 8.06. The maximum absolute atomic E-state index is 12.6. The Balaban J connectivity index is 1.96. The maximum atomic E-state index is 12.6. The van der Waals surface area contributed by atoms with Gasteiger partial charge in [-0.15, -0.1) is 0 Å². The van der Waals surface area contributed by atoms with Crippen molar-refractivity contribution in [2.45, 2.75) is 19.8 Å². The third-order valence-electron chi connectivity index (χ3n) is 3.94. The summed E-state index contributed by atoms with van der Waals surface area (Å²) >= 11 is 3.42. The molecule has 0 radical (unpaired) electrons. The number of carbonyl (C=O) groups is 2. The molecular weight excluding hydrogens is 374 g/mol. The second-order valence-electron chi connectivity index (χ2n) is 5.56. The van der Waals surface area contributed by atoms with E-state index in [4.69, 9.17) is 9.47 Å². The van der Waals surface area contributed by atoms with Crippen molar-refractivity contribution in [2.75, 3.05) is 26.3 Å². The van der Waals surface area contributed by atoms with E-state index in [1.165, 1.54) is 0 Å². The van der Waals surface area contributed by atoms with Crippen LogP contribution in [0.25, 0.3) is 0 Å². The highest BCUT2D eigenvalue weighted by molar-refractivity contribution is 9.10. The lowest BCUT2D eigenvalue weighted by atomic mass is 9.96. The van der Waals surface area contributed by atoms with Crippen molar-refractivity contribution in [2.24, 2.45) is 5.92 Å². The van der Waals surface area contributed by atoms with Crippen LogP contribution in [-0.4, -0.2) is 43.1 Å². The summed E-state index contributed by atoms with van der Waals surface area (Å²) in [5.41, 5.74) is 0.599. The number of ether oxygens (including phenoxy) is 2. The van der Waals surface area contributed by atoms with Gasteiger partial charge in [0.15, 0.2) is 0 Å². The Hall–Kier alpha value is -1.82. The molecular formula is C18H22BrNO4. The molecule has 0 saturated carbocycles. The van der Waals surface area contributed by atoms with Crippen LogP contribution in [-0.2, 0) is 9.53 Å². The Labute approximate surface area is 150 Å². The van der Waals surface area contributed by atoms with Crippen LogP contribution in [0.5, 0.6) is 5.75 Å². The quantitative estimate of drug-likeness (QED) is 0.546. The molecule has 0 N–H and O–H groups in total. The third kappa shape index (κ3) is 4.60. The van der Waals surface area contributed by atoms with Crippen LogP contribution >= 0.6 is 15.9 Å². The predicted octanol–water partition coefficient (Wildman–Crippen LogP) is 3.43. The van der Waals surface area contributed by atoms with Gasteiger partial charge in [-0.1, -0.05) is 12.7 Å². The number of benzene rings is 1. The van der Waals surface area contributed by atoms with Gasteiger partial charge in [0.2, 0.25) is 0 Å². The molecule has 1 aliphatic heterocycles. The number of piperidine rings is 1. The summed E-state index contributed by atoms with van der Waals surface area (Å²) < 4.78 is 11.3. The van der Waals surface area contributed by atoms with E-state index in [0.29, 0.717) is 50.5 Å². The molecule has 0 unspecified atom stereocenters. The molecule has 1 saturated heterocycles. The molecule has 5 nitrogen and oxygen atoms in total. The molecule has 1 amide bonds. The van der Waals surface area contributed by atoms with Gasteiger partial charge in [0, 0.05) is 18.7 Å². The summed E-state index contributed by atoms with van der Waals surface area (Å²) in [6.07, 6.45) is 2.96. The Kier molecular flexibility index (Phi) is 6.85. The van der Waals surface area contributed by atoms with Gasteiger partial charge < -0.3 is 14.4 Å². The van der Waals surface area contributed by atoms with Gasteiger partial charge in [0.1, 0.15) is 12.4 Å². The van der Waals surface area contributed by atoms with Crippen LogP contribution in [0.2, 0.25) is 0 Å². The van der Waals surface area contributed by atoms with Gasteiger partial charge in [0.05, 0.1) is 17.0 Å². The SMILES string of the molecule is C=CCOc1ccc(C(=O)N2CCC(C(=O)OCC)CC2)cc1Br. The molecule has 0 bridgehead atoms. The number of esters is 1. The lowest BCUT2D eigenvalue weighted by molar-refractivity contribution is -0.149. The van der Waals surface area contributed by atoms with Crippen LogP contribution in [0.1, 0.15) is 30.1 Å². The molecule has 6 heteroatoms. The first-order valence-corrected chi connectivity index (χ1v) is 8.85. The Morgan fingerprint density at radius 2 is 2.08 bits per heavy atom. The zero-order valence-electron chi connectivity index (χ0n) is 13.8. The number of hydrogen-bond donors (Lipinski definition) is 0. The molecule has 0 spiro atoms. The zero-order chi connectivity index (χ0) is 17.5. The van der Waals surface area contributed by atoms with Crippen molar-refractivity contribution in [3.05, 3.63) is 40.9 Å². The van der Waals surface area contributed by atoms with Gasteiger partial charge in [-0.05, 0) is 53.9 Å². The topological polar surface area (TPSA) is 55.8 Å². The normalized spacial score (nSPS) is 15.0. The second kappa shape index (κ2) is 8.87. The molecule has 2 rings (SSSR count). The van der Waals surface area contributed by atoms with Crippen LogP contribution in [0.15, 0.2) is 35.3 Å². The van der Waals surface area contributed by atoms with Crippen LogP contribution < -0.4 is 4.74 Å². The maximum Gasteiger partial charge on any atom is 0.309 e.